The second-order valence-electron chi connectivity index (χ2n) is 14.5. The summed E-state index contributed by atoms with van der Waals surface area (Å²) in [4.78, 5) is 22.7. The highest BCUT2D eigenvalue weighted by atomic mass is 31.2. The average molecular weight is 767 g/mol. The summed E-state index contributed by atoms with van der Waals surface area (Å²) in [5.41, 5.74) is 5.38. The molecule has 0 aromatic heterocycles. The molecule has 0 saturated heterocycles. The van der Waals surface area contributed by atoms with E-state index in [1.54, 1.807) is 0 Å². The number of phosphoric acid groups is 1. The molecule has 0 aromatic carbocycles. The number of hydrogen-bond acceptors (Lipinski definition) is 6. The van der Waals surface area contributed by atoms with Crippen molar-refractivity contribution in [2.24, 2.45) is 5.73 Å². The topological polar surface area (TPSA) is 131 Å². The van der Waals surface area contributed by atoms with E-state index in [4.69, 9.17) is 14.8 Å². The molecular weight excluding hydrogens is 683 g/mol. The maximum Gasteiger partial charge on any atom is 0.472 e. The van der Waals surface area contributed by atoms with Crippen molar-refractivity contribution in [3.05, 3.63) is 48.6 Å². The fourth-order valence-electron chi connectivity index (χ4n) is 6.19. The summed E-state index contributed by atoms with van der Waals surface area (Å²) in [5.74, 6) is -0.202. The van der Waals surface area contributed by atoms with Gasteiger partial charge in [-0.3, -0.25) is 13.8 Å². The zero-order chi connectivity index (χ0) is 38.9. The molecule has 9 heteroatoms. The summed E-state index contributed by atoms with van der Waals surface area (Å²) in [7, 11) is -4.33. The van der Waals surface area contributed by atoms with Crippen molar-refractivity contribution < 1.29 is 28.4 Å². The molecule has 3 atom stereocenters. The van der Waals surface area contributed by atoms with Crippen LogP contribution in [0.2, 0.25) is 0 Å². The van der Waals surface area contributed by atoms with Gasteiger partial charge >= 0.3 is 7.82 Å². The number of phosphoric ester groups is 1. The highest BCUT2D eigenvalue weighted by Gasteiger charge is 2.27. The number of carbonyl (C=O) groups is 1. The first kappa shape index (κ1) is 51.5. The first-order valence-electron chi connectivity index (χ1n) is 21.8. The largest absolute Gasteiger partial charge is 0.472 e. The van der Waals surface area contributed by atoms with Gasteiger partial charge < -0.3 is 21.1 Å². The van der Waals surface area contributed by atoms with Crippen molar-refractivity contribution in [3.8, 4) is 0 Å². The lowest BCUT2D eigenvalue weighted by molar-refractivity contribution is -0.123. The molecule has 53 heavy (non-hydrogen) atoms. The molecule has 5 N–H and O–H groups in total. The van der Waals surface area contributed by atoms with Gasteiger partial charge in [-0.1, -0.05) is 184 Å². The smallest absolute Gasteiger partial charge is 0.391 e. The Morgan fingerprint density at radius 3 is 1.57 bits per heavy atom. The summed E-state index contributed by atoms with van der Waals surface area (Å²) >= 11 is 0. The van der Waals surface area contributed by atoms with E-state index in [-0.39, 0.29) is 25.7 Å². The van der Waals surface area contributed by atoms with E-state index in [1.165, 1.54) is 103 Å². The molecule has 0 aliphatic rings. The Balaban J connectivity index is 4.21. The molecule has 0 fully saturated rings. The van der Waals surface area contributed by atoms with Gasteiger partial charge in [0, 0.05) is 13.0 Å². The highest BCUT2D eigenvalue weighted by molar-refractivity contribution is 7.47. The van der Waals surface area contributed by atoms with Gasteiger partial charge in [0.15, 0.2) is 0 Å². The van der Waals surface area contributed by atoms with Gasteiger partial charge in [0.25, 0.3) is 0 Å². The minimum atomic E-state index is -4.33. The Hall–Kier alpha value is -1.54. The number of aliphatic hydroxyl groups excluding tert-OH is 1. The number of aliphatic hydroxyl groups is 1. The molecule has 310 valence electrons. The van der Waals surface area contributed by atoms with E-state index in [0.717, 1.165) is 57.8 Å². The van der Waals surface area contributed by atoms with Crippen molar-refractivity contribution in [2.75, 3.05) is 19.8 Å². The van der Waals surface area contributed by atoms with E-state index in [0.29, 0.717) is 19.3 Å². The fourth-order valence-corrected chi connectivity index (χ4v) is 6.95. The van der Waals surface area contributed by atoms with Gasteiger partial charge in [-0.25, -0.2) is 4.57 Å². The van der Waals surface area contributed by atoms with E-state index < -0.39 is 20.0 Å². The molecule has 0 bridgehead atoms. The van der Waals surface area contributed by atoms with Gasteiger partial charge in [0.2, 0.25) is 5.91 Å². The van der Waals surface area contributed by atoms with Crippen LogP contribution in [-0.4, -0.2) is 47.8 Å². The van der Waals surface area contributed by atoms with Crippen LogP contribution >= 0.6 is 7.82 Å². The fraction of sp³-hybridized carbons (Fsp3) is 0.795. The quantitative estimate of drug-likeness (QED) is 0.0277. The first-order chi connectivity index (χ1) is 25.9. The molecule has 1 amide bonds. The lowest BCUT2D eigenvalue weighted by Gasteiger charge is -2.25. The van der Waals surface area contributed by atoms with E-state index in [2.05, 4.69) is 67.8 Å². The molecule has 0 aromatic rings. The van der Waals surface area contributed by atoms with Crippen molar-refractivity contribution in [1.29, 1.82) is 0 Å². The highest BCUT2D eigenvalue weighted by Crippen LogP contribution is 2.43. The minimum absolute atomic E-state index is 0.0804. The molecular formula is C44H83N2O6P. The lowest BCUT2D eigenvalue weighted by Crippen LogP contribution is -2.46. The number of nitrogens with two attached hydrogens (primary N) is 1. The Labute approximate surface area is 326 Å². The number of carbonyl (C=O) groups excluding carboxylic acids is 1. The van der Waals surface area contributed by atoms with Crippen LogP contribution in [0.5, 0.6) is 0 Å². The molecule has 0 radical (unpaired) electrons. The molecule has 0 rings (SSSR count). The monoisotopic (exact) mass is 767 g/mol. The van der Waals surface area contributed by atoms with Gasteiger partial charge in [0.05, 0.1) is 25.4 Å². The third kappa shape index (κ3) is 38.5. The zero-order valence-corrected chi connectivity index (χ0v) is 35.1. The molecule has 3 unspecified atom stereocenters. The zero-order valence-electron chi connectivity index (χ0n) is 34.2. The maximum atomic E-state index is 12.7. The number of unbranched alkanes of at least 4 members (excludes halogenated alkanes) is 20. The number of amides is 1. The van der Waals surface area contributed by atoms with E-state index >= 15 is 0 Å². The van der Waals surface area contributed by atoms with Crippen molar-refractivity contribution >= 4 is 13.7 Å². The lowest BCUT2D eigenvalue weighted by atomic mass is 10.0. The average Bonchev–Trinajstić information content (AvgIpc) is 3.14. The predicted molar refractivity (Wildman–Crippen MR) is 226 cm³/mol. The number of allylic oxidation sites excluding steroid dienone is 8. The Bertz CT molecular complexity index is 970. The standard InChI is InChI=1S/C44H83N2O6P/c1-3-5-7-9-11-13-15-17-19-20-21-22-24-25-27-29-31-33-35-37-43(47)42(41-52-53(49,50)51-40-39-45)46-44(48)38-36-34-32-30-28-26-23-18-16-14-12-10-8-6-4-2/h6,8,12,14,18,23,28,30,42-43,47H,3-5,7,9-11,13,15-17,19-22,24-27,29,31-41,45H2,1-2H3,(H,46,48)(H,49,50)/b8-6-,14-12-,23-18-,30-28-. The molecule has 8 nitrogen and oxygen atoms in total. The predicted octanol–water partition coefficient (Wildman–Crippen LogP) is 12.1. The van der Waals surface area contributed by atoms with Crippen LogP contribution in [0.3, 0.4) is 0 Å². The first-order valence-corrected chi connectivity index (χ1v) is 23.2. The Morgan fingerprint density at radius 2 is 1.09 bits per heavy atom. The SMILES string of the molecule is CC/C=C\C/C=C\C/C=C\C/C=C\CCCCC(=O)NC(COP(=O)(O)OCCN)C(O)CCCCCCCCCCCCCCCCCCCCC. The number of rotatable bonds is 40. The van der Waals surface area contributed by atoms with Crippen LogP contribution in [0.25, 0.3) is 0 Å². The molecule has 0 aliphatic heterocycles. The molecule has 0 heterocycles. The number of hydrogen-bond donors (Lipinski definition) is 4. The molecule has 0 saturated carbocycles. The normalized spacial score (nSPS) is 14.6. The number of nitrogens with one attached hydrogen (secondary N) is 1. The van der Waals surface area contributed by atoms with Crippen LogP contribution in [0.15, 0.2) is 48.6 Å². The maximum absolute atomic E-state index is 12.7. The van der Waals surface area contributed by atoms with Gasteiger partial charge in [-0.2, -0.15) is 0 Å². The van der Waals surface area contributed by atoms with Crippen LogP contribution in [0.4, 0.5) is 0 Å². The van der Waals surface area contributed by atoms with Crippen LogP contribution in [-0.2, 0) is 18.4 Å². The van der Waals surface area contributed by atoms with Crippen LogP contribution in [0, 0.1) is 0 Å². The molecule has 0 aliphatic carbocycles. The summed E-state index contributed by atoms with van der Waals surface area (Å²) in [6, 6.07) is -0.797. The van der Waals surface area contributed by atoms with Gasteiger partial charge in [-0.15, -0.1) is 0 Å². The Kier molecular flexibility index (Phi) is 39.0. The van der Waals surface area contributed by atoms with Gasteiger partial charge in [-0.05, 0) is 51.4 Å². The van der Waals surface area contributed by atoms with E-state index in [1.807, 2.05) is 0 Å². The third-order valence-corrected chi connectivity index (χ3v) is 10.4. The summed E-state index contributed by atoms with van der Waals surface area (Å²) in [6.45, 7) is 4.06. The summed E-state index contributed by atoms with van der Waals surface area (Å²) < 4.78 is 22.2. The van der Waals surface area contributed by atoms with Crippen molar-refractivity contribution in [3.63, 3.8) is 0 Å². The second-order valence-corrected chi connectivity index (χ2v) is 16.0. The minimum Gasteiger partial charge on any atom is -0.391 e. The summed E-state index contributed by atoms with van der Waals surface area (Å²) in [5, 5.41) is 13.8. The van der Waals surface area contributed by atoms with Crippen LogP contribution in [0.1, 0.15) is 194 Å². The van der Waals surface area contributed by atoms with Crippen molar-refractivity contribution in [2.45, 2.75) is 206 Å². The Morgan fingerprint density at radius 1 is 0.642 bits per heavy atom. The third-order valence-electron chi connectivity index (χ3n) is 9.45. The second kappa shape index (κ2) is 40.1. The molecule has 0 spiro atoms. The van der Waals surface area contributed by atoms with Gasteiger partial charge in [0.1, 0.15) is 0 Å². The van der Waals surface area contributed by atoms with Crippen molar-refractivity contribution in [1.82, 2.24) is 5.32 Å². The van der Waals surface area contributed by atoms with E-state index in [9.17, 15) is 19.4 Å². The summed E-state index contributed by atoms with van der Waals surface area (Å²) in [6.07, 6.45) is 48.4. The van der Waals surface area contributed by atoms with Crippen LogP contribution < -0.4 is 11.1 Å².